The maximum atomic E-state index is 12.3. The minimum atomic E-state index is 0.0531. The smallest absolute Gasteiger partial charge is 0.223 e. The van der Waals surface area contributed by atoms with Crippen LogP contribution in [0.4, 0.5) is 29.7 Å². The molecule has 10 N–H and O–H groups in total. The molecule has 34 nitrogen and oxygen atoms in total. The van der Waals surface area contributed by atoms with Gasteiger partial charge in [-0.2, -0.15) is 64.6 Å². The van der Waals surface area contributed by atoms with Gasteiger partial charge in [-0.05, 0) is 135 Å². The van der Waals surface area contributed by atoms with Gasteiger partial charge >= 0.3 is 0 Å². The molecule has 0 aliphatic rings. The molecule has 0 saturated heterocycles. The van der Waals surface area contributed by atoms with Crippen LogP contribution in [0, 0.1) is 113 Å². The number of anilines is 5. The number of nitrogen functional groups attached to an aromatic ring is 5. The Morgan fingerprint density at radius 1 is 0.363 bits per heavy atom. The van der Waals surface area contributed by atoms with Gasteiger partial charge in [-0.1, -0.05) is 97.1 Å². The molecule has 0 fully saturated rings. The lowest BCUT2D eigenvalue weighted by Crippen LogP contribution is -2.35. The molecule has 0 amide bonds. The molecule has 0 aliphatic heterocycles. The lowest BCUT2D eigenvalue weighted by molar-refractivity contribution is -0.615. The number of methoxy groups -OCH3 is 1. The average molecular weight is 1800 g/mol. The van der Waals surface area contributed by atoms with E-state index in [1.54, 1.807) is 63.7 Å². The highest BCUT2D eigenvalue weighted by molar-refractivity contribution is 9.11. The first-order valence-corrected chi connectivity index (χ1v) is 38.0. The molecular formula is C70H71Br2Cl7N30O4. The number of halogens is 9. The van der Waals surface area contributed by atoms with Crippen molar-refractivity contribution in [2.75, 3.05) is 35.8 Å². The van der Waals surface area contributed by atoms with Crippen molar-refractivity contribution in [3.8, 4) is 5.75 Å². The molecular weight excluding hydrogens is 1730 g/mol. The third-order valence-electron chi connectivity index (χ3n) is 18.3. The standard InChI is InChI=1S/C14H14BrClN6O.C14H14BrClN6.C14H14Cl2N6O.C14H14Cl2N6.C14H15ClN6O2/c1-6-4-22(23)9(7(2)11(6)15)5-21-13-10(8(3)20-21)12(16)18-14(17)19-13;1-6-4-18-9(7(2)11(6)15)5-22-13-10(8(3)21-22)12(16)19-14(17)20-13;1-6-4-22(23)9(7(2)11(6)15)5-21-13-10(8(3)20-21)12(16)18-14(17)19-13;1-6-4-18-9(7(2)11(6)15)5-22-13-10(8(3)21-22)12(16)19-14(17)20-13;1-7-5-21(22)10(8(2)11(7)23-3)6-20-13-9(4-17-20)12(15)18-14(16)19-13/h4H,5H2,1-3H3,(H2,17,18,19);4H,5H2,1-3H3,(H2,17,19,20);4H,5H2,1-3H3,(H2,17,18,19);4H,5H2,1-3H3,(H2,17,19,20);4-5H,6H2,1-3H3,(H2,16,18,19). The van der Waals surface area contributed by atoms with Crippen LogP contribution in [-0.4, -0.2) is 116 Å². The predicted molar refractivity (Wildman–Crippen MR) is 442 cm³/mol. The summed E-state index contributed by atoms with van der Waals surface area (Å²) in [5, 5.41) is 64.7. The summed E-state index contributed by atoms with van der Waals surface area (Å²) in [4.78, 5) is 49.7. The summed E-state index contributed by atoms with van der Waals surface area (Å²) in [6.07, 6.45) is 9.58. The van der Waals surface area contributed by atoms with Crippen LogP contribution in [0.3, 0.4) is 0 Å². The predicted octanol–water partition coefficient (Wildman–Crippen LogP) is 12.4. The quantitative estimate of drug-likeness (QED) is 0.0456. The zero-order chi connectivity index (χ0) is 82.5. The van der Waals surface area contributed by atoms with E-state index in [2.05, 4.69) is 117 Å². The van der Waals surface area contributed by atoms with Gasteiger partial charge in [-0.3, -0.25) is 9.97 Å². The Kier molecular flexibility index (Phi) is 25.0. The van der Waals surface area contributed by atoms with E-state index < -0.39 is 0 Å². The van der Waals surface area contributed by atoms with E-state index >= 15 is 0 Å². The van der Waals surface area contributed by atoms with Crippen LogP contribution in [-0.2, 0) is 32.7 Å². The normalized spacial score (nSPS) is 11.3. The summed E-state index contributed by atoms with van der Waals surface area (Å²) in [6.45, 7) is 27.8. The van der Waals surface area contributed by atoms with E-state index in [1.165, 1.54) is 18.6 Å². The Labute approximate surface area is 696 Å². The number of fused-ring (bicyclic) bond motifs is 5. The monoisotopic (exact) mass is 1800 g/mol. The lowest BCUT2D eigenvalue weighted by Gasteiger charge is -2.13. The molecule has 15 rings (SSSR count). The summed E-state index contributed by atoms with van der Waals surface area (Å²) in [7, 11) is 1.57. The van der Waals surface area contributed by atoms with Gasteiger partial charge in [0.1, 0.15) is 51.1 Å². The third-order valence-corrected chi connectivity index (χ3v) is 23.2. The van der Waals surface area contributed by atoms with Crippen LogP contribution >= 0.6 is 113 Å². The number of aromatic nitrogens is 25. The van der Waals surface area contributed by atoms with Crippen LogP contribution < -0.4 is 47.6 Å². The second kappa shape index (κ2) is 33.8. The van der Waals surface area contributed by atoms with Crippen molar-refractivity contribution >= 4 is 198 Å². The number of hydrogen-bond donors (Lipinski definition) is 5. The van der Waals surface area contributed by atoms with E-state index in [9.17, 15) is 15.6 Å². The molecule has 588 valence electrons. The highest BCUT2D eigenvalue weighted by Crippen LogP contribution is 2.34. The molecule has 15 aromatic heterocycles. The minimum Gasteiger partial charge on any atom is -0.618 e. The van der Waals surface area contributed by atoms with Crippen molar-refractivity contribution in [2.24, 2.45) is 0 Å². The van der Waals surface area contributed by atoms with Crippen molar-refractivity contribution in [3.05, 3.63) is 204 Å². The maximum Gasteiger partial charge on any atom is 0.223 e. The Morgan fingerprint density at radius 3 is 1.12 bits per heavy atom. The van der Waals surface area contributed by atoms with Gasteiger partial charge in [0.2, 0.25) is 46.8 Å². The summed E-state index contributed by atoms with van der Waals surface area (Å²) >= 11 is 50.2. The summed E-state index contributed by atoms with van der Waals surface area (Å²) in [6, 6.07) is 0. The fourth-order valence-electron chi connectivity index (χ4n) is 12.5. The van der Waals surface area contributed by atoms with Gasteiger partial charge in [0, 0.05) is 48.6 Å². The third kappa shape index (κ3) is 17.2. The summed E-state index contributed by atoms with van der Waals surface area (Å²) < 4.78 is 18.0. The second-order valence-electron chi connectivity index (χ2n) is 26.1. The van der Waals surface area contributed by atoms with E-state index in [-0.39, 0.29) is 64.8 Å². The number of ether oxygens (including phenoxy) is 1. The van der Waals surface area contributed by atoms with Gasteiger partial charge in [-0.15, -0.1) is 0 Å². The van der Waals surface area contributed by atoms with E-state index in [0.717, 1.165) is 101 Å². The number of hydrogen-bond acceptors (Lipinski definition) is 26. The van der Waals surface area contributed by atoms with Gasteiger partial charge in [-0.25, -0.2) is 48.3 Å². The first-order chi connectivity index (χ1) is 53.3. The highest BCUT2D eigenvalue weighted by atomic mass is 79.9. The lowest BCUT2D eigenvalue weighted by atomic mass is 10.1. The Balaban J connectivity index is 0.000000139. The van der Waals surface area contributed by atoms with Gasteiger partial charge in [0.05, 0.1) is 104 Å². The zero-order valence-electron chi connectivity index (χ0n) is 63.1. The zero-order valence-corrected chi connectivity index (χ0v) is 71.6. The van der Waals surface area contributed by atoms with Crippen molar-refractivity contribution in [3.63, 3.8) is 0 Å². The van der Waals surface area contributed by atoms with Crippen LogP contribution in [0.1, 0.15) is 107 Å². The fraction of sp³-hybridized carbons (Fsp3) is 0.286. The molecule has 0 bridgehead atoms. The summed E-state index contributed by atoms with van der Waals surface area (Å²) in [5.41, 5.74) is 45.9. The molecule has 0 atom stereocenters. The maximum absolute atomic E-state index is 12.3. The number of nitrogens with zero attached hydrogens (tertiary/aromatic N) is 25. The Hall–Kier alpha value is -10.3. The van der Waals surface area contributed by atoms with Crippen LogP contribution in [0.5, 0.6) is 5.75 Å². The Morgan fingerprint density at radius 2 is 0.690 bits per heavy atom. The van der Waals surface area contributed by atoms with Gasteiger partial charge < -0.3 is 49.0 Å². The van der Waals surface area contributed by atoms with Crippen LogP contribution in [0.15, 0.2) is 46.1 Å². The molecule has 0 aromatic carbocycles. The van der Waals surface area contributed by atoms with Gasteiger partial charge in [0.15, 0.2) is 46.8 Å². The first kappa shape index (κ1) is 83.6. The molecule has 0 spiro atoms. The molecule has 0 aliphatic carbocycles. The van der Waals surface area contributed by atoms with Crippen LogP contribution in [0.25, 0.3) is 55.2 Å². The molecule has 15 heterocycles. The molecule has 0 unspecified atom stereocenters. The first-order valence-electron chi connectivity index (χ1n) is 33.8. The molecule has 0 saturated carbocycles. The van der Waals surface area contributed by atoms with Gasteiger partial charge in [0.25, 0.3) is 0 Å². The summed E-state index contributed by atoms with van der Waals surface area (Å²) in [5.74, 6) is 1.10. The van der Waals surface area contributed by atoms with E-state index in [0.29, 0.717) is 123 Å². The number of nitrogens with two attached hydrogens (primary N) is 5. The molecule has 15 aromatic rings. The van der Waals surface area contributed by atoms with Crippen molar-refractivity contribution in [1.82, 2.24) is 109 Å². The van der Waals surface area contributed by atoms with Crippen molar-refractivity contribution in [2.45, 2.75) is 130 Å². The largest absolute Gasteiger partial charge is 0.618 e. The second-order valence-corrected chi connectivity index (χ2v) is 30.2. The molecule has 0 radical (unpaired) electrons. The average Bonchev–Trinajstić information content (AvgIpc) is 1.66. The molecule has 43 heteroatoms. The topological polar surface area (TPSA) is 464 Å². The van der Waals surface area contributed by atoms with Crippen LogP contribution in [0.2, 0.25) is 35.8 Å². The van der Waals surface area contributed by atoms with E-state index in [1.807, 2.05) is 82.4 Å². The minimum absolute atomic E-state index is 0.0531. The number of aryl methyl sites for hydroxylation is 9. The molecule has 113 heavy (non-hydrogen) atoms. The van der Waals surface area contributed by atoms with Crippen molar-refractivity contribution in [1.29, 1.82) is 0 Å². The fourth-order valence-corrected chi connectivity index (χ4v) is 14.9. The highest BCUT2D eigenvalue weighted by Gasteiger charge is 2.27. The number of rotatable bonds is 11. The number of pyridine rings is 5. The Bertz CT molecular complexity index is 6010. The van der Waals surface area contributed by atoms with Crippen molar-refractivity contribution < 1.29 is 18.9 Å². The SMILES string of the molecule is COc1c(C)c[n+]([O-])c(Cn2ncc3c(Cl)nc(N)nc32)c1C.Cc1c[n+]([O-])c(Cn2nc(C)c3c(Cl)nc(N)nc32)c(C)c1Br.Cc1c[n+]([O-])c(Cn2nc(C)c3c(Cl)nc(N)nc32)c(C)c1Cl.Cc1cnc(Cn2nc(C)c3c(Cl)nc(N)nc32)c(C)c1Br.Cc1cnc(Cn2nc(C)c3c(Cl)nc(N)nc32)c(C)c1Cl. The van der Waals surface area contributed by atoms with E-state index in [4.69, 9.17) is 115 Å².